The molecule has 4 nitrogen and oxygen atoms in total. The molecule has 1 heterocycles. The summed E-state index contributed by atoms with van der Waals surface area (Å²) in [6.07, 6.45) is 0.491. The van der Waals surface area contributed by atoms with Crippen molar-refractivity contribution in [1.82, 2.24) is 0 Å². The Morgan fingerprint density at radius 2 is 1.76 bits per heavy atom. The van der Waals surface area contributed by atoms with Crippen LogP contribution in [0.5, 0.6) is 5.75 Å². The second-order valence-electron chi connectivity index (χ2n) is 8.74. The molecule has 150 valence electrons. The summed E-state index contributed by atoms with van der Waals surface area (Å²) in [6.45, 7) is 8.21. The molecule has 2 atom stereocenters. The minimum absolute atomic E-state index is 0.0332. The standard InChI is InChI=1S/C24H23ClO4/c1-13-9-19-20(25)10-14(11-21(19)28-13)22(26)17-12-18(17)23(27)29-16-7-5-15(6-8-16)24(2,3)4/h5-11,17-18H,12H2,1-4H3. The summed E-state index contributed by atoms with van der Waals surface area (Å²) in [6, 6.07) is 12.7. The van der Waals surface area contributed by atoms with Crippen LogP contribution in [0.3, 0.4) is 0 Å². The quantitative estimate of drug-likeness (QED) is 0.295. The van der Waals surface area contributed by atoms with Crippen LogP contribution in [0.1, 0.15) is 48.9 Å². The van der Waals surface area contributed by atoms with E-state index in [4.69, 9.17) is 20.8 Å². The number of Topliss-reactive ketones (excluding diaryl/α,β-unsaturated/α-hetero) is 1. The van der Waals surface area contributed by atoms with Crippen LogP contribution >= 0.6 is 11.6 Å². The smallest absolute Gasteiger partial charge is 0.315 e. The maximum absolute atomic E-state index is 12.8. The number of ketones is 1. The number of halogens is 1. The van der Waals surface area contributed by atoms with Gasteiger partial charge in [0.25, 0.3) is 0 Å². The molecular weight excluding hydrogens is 388 g/mol. The van der Waals surface area contributed by atoms with Crippen molar-refractivity contribution in [2.75, 3.05) is 0 Å². The van der Waals surface area contributed by atoms with Gasteiger partial charge in [-0.05, 0) is 54.7 Å². The van der Waals surface area contributed by atoms with E-state index in [1.165, 1.54) is 0 Å². The van der Waals surface area contributed by atoms with Crippen LogP contribution < -0.4 is 4.74 Å². The molecule has 2 unspecified atom stereocenters. The Hall–Kier alpha value is -2.59. The van der Waals surface area contributed by atoms with Crippen molar-refractivity contribution >= 4 is 34.3 Å². The van der Waals surface area contributed by atoms with E-state index in [1.54, 1.807) is 24.3 Å². The van der Waals surface area contributed by atoms with E-state index in [0.29, 0.717) is 28.3 Å². The van der Waals surface area contributed by atoms with Crippen LogP contribution in [0.2, 0.25) is 5.02 Å². The minimum atomic E-state index is -0.419. The van der Waals surface area contributed by atoms with Gasteiger partial charge in [-0.2, -0.15) is 0 Å². The molecule has 0 aliphatic heterocycles. The van der Waals surface area contributed by atoms with E-state index in [1.807, 2.05) is 25.1 Å². The maximum Gasteiger partial charge on any atom is 0.315 e. The fraction of sp³-hybridized carbons (Fsp3) is 0.333. The number of ether oxygens (including phenoxy) is 1. The first-order chi connectivity index (χ1) is 13.6. The topological polar surface area (TPSA) is 56.5 Å². The molecule has 0 bridgehead atoms. The van der Waals surface area contributed by atoms with Crippen molar-refractivity contribution < 1.29 is 18.7 Å². The molecule has 0 N–H and O–H groups in total. The number of benzene rings is 2. The molecule has 3 aromatic rings. The Balaban J connectivity index is 1.44. The highest BCUT2D eigenvalue weighted by Crippen LogP contribution is 2.43. The summed E-state index contributed by atoms with van der Waals surface area (Å²) in [5.41, 5.74) is 2.24. The number of hydrogen-bond donors (Lipinski definition) is 0. The second-order valence-corrected chi connectivity index (χ2v) is 9.14. The van der Waals surface area contributed by atoms with Gasteiger partial charge in [-0.1, -0.05) is 44.5 Å². The number of carbonyl (C=O) groups is 2. The van der Waals surface area contributed by atoms with E-state index in [9.17, 15) is 9.59 Å². The zero-order chi connectivity index (χ0) is 20.9. The number of esters is 1. The number of furan rings is 1. The Morgan fingerprint density at radius 1 is 1.07 bits per heavy atom. The summed E-state index contributed by atoms with van der Waals surface area (Å²) in [7, 11) is 0. The summed E-state index contributed by atoms with van der Waals surface area (Å²) in [5, 5.41) is 1.26. The molecule has 0 amide bonds. The van der Waals surface area contributed by atoms with Gasteiger partial charge in [0.15, 0.2) is 5.78 Å². The van der Waals surface area contributed by atoms with Crippen LogP contribution in [-0.2, 0) is 10.2 Å². The molecule has 1 aliphatic rings. The van der Waals surface area contributed by atoms with Crippen LogP contribution in [-0.4, -0.2) is 11.8 Å². The normalized spacial score (nSPS) is 18.7. The fourth-order valence-corrected chi connectivity index (χ4v) is 3.80. The summed E-state index contributed by atoms with van der Waals surface area (Å²) in [5.74, 6) is -0.0345. The van der Waals surface area contributed by atoms with E-state index >= 15 is 0 Å². The fourth-order valence-electron chi connectivity index (χ4n) is 3.54. The lowest BCUT2D eigenvalue weighted by atomic mass is 9.87. The summed E-state index contributed by atoms with van der Waals surface area (Å²) < 4.78 is 11.1. The summed E-state index contributed by atoms with van der Waals surface area (Å²) >= 11 is 6.29. The van der Waals surface area contributed by atoms with Crippen LogP contribution in [0.25, 0.3) is 11.0 Å². The van der Waals surface area contributed by atoms with E-state index in [-0.39, 0.29) is 23.1 Å². The molecule has 1 aliphatic carbocycles. The molecular formula is C24H23ClO4. The number of rotatable bonds is 4. The molecule has 1 fully saturated rings. The predicted octanol–water partition coefficient (Wildman–Crippen LogP) is 6.12. The van der Waals surface area contributed by atoms with Gasteiger partial charge in [0, 0.05) is 16.9 Å². The van der Waals surface area contributed by atoms with Gasteiger partial charge < -0.3 is 9.15 Å². The zero-order valence-corrected chi connectivity index (χ0v) is 17.7. The highest BCUT2D eigenvalue weighted by Gasteiger charge is 2.49. The monoisotopic (exact) mass is 410 g/mol. The third-order valence-electron chi connectivity index (χ3n) is 5.36. The molecule has 0 saturated heterocycles. The number of aryl methyl sites for hydroxylation is 1. The van der Waals surface area contributed by atoms with Crippen molar-refractivity contribution in [2.24, 2.45) is 11.8 Å². The second kappa shape index (κ2) is 7.03. The van der Waals surface area contributed by atoms with Crippen molar-refractivity contribution in [2.45, 2.75) is 39.5 Å². The van der Waals surface area contributed by atoms with Gasteiger partial charge in [0.2, 0.25) is 0 Å². The molecule has 1 aromatic heterocycles. The predicted molar refractivity (Wildman–Crippen MR) is 113 cm³/mol. The lowest BCUT2D eigenvalue weighted by molar-refractivity contribution is -0.136. The molecule has 5 heteroatoms. The van der Waals surface area contributed by atoms with Gasteiger partial charge in [-0.15, -0.1) is 0 Å². The first-order valence-corrected chi connectivity index (χ1v) is 10.1. The van der Waals surface area contributed by atoms with Gasteiger partial charge in [0.1, 0.15) is 17.1 Å². The van der Waals surface area contributed by atoms with Crippen molar-refractivity contribution in [1.29, 1.82) is 0 Å². The van der Waals surface area contributed by atoms with Gasteiger partial charge in [-0.25, -0.2) is 0 Å². The average Bonchev–Trinajstić information content (AvgIpc) is 3.36. The van der Waals surface area contributed by atoms with Crippen LogP contribution in [0.15, 0.2) is 46.9 Å². The Bertz CT molecular complexity index is 1100. The van der Waals surface area contributed by atoms with Gasteiger partial charge >= 0.3 is 5.97 Å². The molecule has 29 heavy (non-hydrogen) atoms. The molecule has 0 spiro atoms. The Kier molecular flexibility index (Phi) is 4.78. The number of fused-ring (bicyclic) bond motifs is 1. The highest BCUT2D eigenvalue weighted by atomic mass is 35.5. The number of hydrogen-bond acceptors (Lipinski definition) is 4. The van der Waals surface area contributed by atoms with E-state index in [0.717, 1.165) is 16.7 Å². The first-order valence-electron chi connectivity index (χ1n) is 9.69. The highest BCUT2D eigenvalue weighted by molar-refractivity contribution is 6.35. The largest absolute Gasteiger partial charge is 0.461 e. The maximum atomic E-state index is 12.8. The van der Waals surface area contributed by atoms with Gasteiger partial charge in [-0.3, -0.25) is 9.59 Å². The van der Waals surface area contributed by atoms with Crippen molar-refractivity contribution in [3.8, 4) is 5.75 Å². The average molecular weight is 411 g/mol. The van der Waals surface area contributed by atoms with Gasteiger partial charge in [0.05, 0.1) is 10.9 Å². The Labute approximate surface area is 174 Å². The molecule has 4 rings (SSSR count). The molecule has 2 aromatic carbocycles. The van der Waals surface area contributed by atoms with Crippen molar-refractivity contribution in [3.63, 3.8) is 0 Å². The summed E-state index contributed by atoms with van der Waals surface area (Å²) in [4.78, 5) is 25.3. The molecule has 0 radical (unpaired) electrons. The SMILES string of the molecule is Cc1cc2c(Cl)cc(C(=O)C3CC3C(=O)Oc3ccc(C(C)(C)C)cc3)cc2o1. The third kappa shape index (κ3) is 3.95. The lowest BCUT2D eigenvalue weighted by Crippen LogP contribution is -2.15. The van der Waals surface area contributed by atoms with Crippen LogP contribution in [0, 0.1) is 18.8 Å². The lowest BCUT2D eigenvalue weighted by Gasteiger charge is -2.19. The first kappa shape index (κ1) is 19.7. The van der Waals surface area contributed by atoms with E-state index in [2.05, 4.69) is 20.8 Å². The van der Waals surface area contributed by atoms with E-state index < -0.39 is 5.92 Å². The third-order valence-corrected chi connectivity index (χ3v) is 5.68. The van der Waals surface area contributed by atoms with Crippen LogP contribution in [0.4, 0.5) is 0 Å². The Morgan fingerprint density at radius 3 is 2.41 bits per heavy atom. The zero-order valence-electron chi connectivity index (χ0n) is 16.9. The number of carbonyl (C=O) groups excluding carboxylic acids is 2. The van der Waals surface area contributed by atoms with Crippen molar-refractivity contribution in [3.05, 3.63) is 64.4 Å². The molecule has 1 saturated carbocycles. The minimum Gasteiger partial charge on any atom is -0.461 e.